The van der Waals surface area contributed by atoms with E-state index in [0.29, 0.717) is 25.7 Å². The van der Waals surface area contributed by atoms with E-state index in [1.807, 2.05) is 0 Å². The van der Waals surface area contributed by atoms with Crippen molar-refractivity contribution in [3.05, 3.63) is 0 Å². The fraction of sp³-hybridized carbons (Fsp3) is 0.957. The lowest BCUT2D eigenvalue weighted by Gasteiger charge is -2.21. The van der Waals surface area contributed by atoms with Gasteiger partial charge in [0.25, 0.3) is 0 Å². The molecular formula is C92H180O17P2. The third-order valence-electron chi connectivity index (χ3n) is 22.1. The number of rotatable bonds is 91. The average molecular weight is 1620 g/mol. The summed E-state index contributed by atoms with van der Waals surface area (Å²) in [4.78, 5) is 73.5. The van der Waals surface area contributed by atoms with Crippen LogP contribution >= 0.6 is 15.6 Å². The molecule has 660 valence electrons. The Morgan fingerprint density at radius 3 is 0.685 bits per heavy atom. The Morgan fingerprint density at radius 2 is 0.459 bits per heavy atom. The minimum absolute atomic E-state index is 0.107. The molecule has 3 N–H and O–H groups in total. The Balaban J connectivity index is 5.24. The molecule has 0 aliphatic rings. The molecule has 0 saturated carbocycles. The lowest BCUT2D eigenvalue weighted by atomic mass is 9.99. The topological polar surface area (TPSA) is 237 Å². The summed E-state index contributed by atoms with van der Waals surface area (Å²) in [5.74, 6) is -0.533. The molecule has 0 saturated heterocycles. The maximum Gasteiger partial charge on any atom is 0.472 e. The molecule has 6 atom stereocenters. The van der Waals surface area contributed by atoms with Crippen molar-refractivity contribution >= 4 is 39.5 Å². The molecule has 0 aromatic rings. The fourth-order valence-corrected chi connectivity index (χ4v) is 16.0. The molecule has 111 heavy (non-hydrogen) atoms. The number of hydrogen-bond acceptors (Lipinski definition) is 15. The quantitative estimate of drug-likeness (QED) is 0.0222. The van der Waals surface area contributed by atoms with Gasteiger partial charge < -0.3 is 33.8 Å². The highest BCUT2D eigenvalue weighted by molar-refractivity contribution is 7.47. The largest absolute Gasteiger partial charge is 0.472 e. The highest BCUT2D eigenvalue weighted by Crippen LogP contribution is 2.45. The minimum Gasteiger partial charge on any atom is -0.462 e. The molecule has 0 aliphatic heterocycles. The van der Waals surface area contributed by atoms with Gasteiger partial charge in [0.1, 0.15) is 19.3 Å². The van der Waals surface area contributed by atoms with Crippen LogP contribution in [0.1, 0.15) is 497 Å². The molecule has 0 aromatic carbocycles. The normalized spacial score (nSPS) is 14.0. The minimum atomic E-state index is -4.97. The van der Waals surface area contributed by atoms with Crippen molar-refractivity contribution in [3.63, 3.8) is 0 Å². The Bertz CT molecular complexity index is 2120. The van der Waals surface area contributed by atoms with E-state index in [2.05, 4.69) is 41.5 Å². The summed E-state index contributed by atoms with van der Waals surface area (Å²) < 4.78 is 69.1. The van der Waals surface area contributed by atoms with Gasteiger partial charge in [-0.1, -0.05) is 446 Å². The van der Waals surface area contributed by atoms with Crippen LogP contribution in [0, 0.1) is 11.8 Å². The monoisotopic (exact) mass is 1620 g/mol. The number of unbranched alkanes of at least 4 members (excludes halogenated alkanes) is 60. The molecular weight excluding hydrogens is 1440 g/mol. The molecule has 17 nitrogen and oxygen atoms in total. The maximum absolute atomic E-state index is 13.2. The van der Waals surface area contributed by atoms with Gasteiger partial charge in [0.2, 0.25) is 0 Å². The van der Waals surface area contributed by atoms with E-state index in [-0.39, 0.29) is 25.7 Å². The molecule has 0 spiro atoms. The number of aliphatic hydroxyl groups excluding tert-OH is 1. The Hall–Kier alpha value is -1.94. The van der Waals surface area contributed by atoms with Crippen LogP contribution in [0.15, 0.2) is 0 Å². The molecule has 0 radical (unpaired) electrons. The molecule has 0 rings (SSSR count). The highest BCUT2D eigenvalue weighted by atomic mass is 31.2. The van der Waals surface area contributed by atoms with Crippen molar-refractivity contribution in [2.24, 2.45) is 11.8 Å². The van der Waals surface area contributed by atoms with Crippen molar-refractivity contribution in [2.75, 3.05) is 39.6 Å². The Labute approximate surface area is 683 Å². The molecule has 3 unspecified atom stereocenters. The van der Waals surface area contributed by atoms with Crippen LogP contribution in [-0.4, -0.2) is 96.7 Å². The SMILES string of the molecule is CCCCCCCCCCCCCCCCCCCCCCCCC(=O)O[C@H](COC(=O)CCCCCCCCCCCCCCCCCCCCCCC)COP(=O)(O)OC[C@@H](O)COP(=O)(O)OC[C@@H](COC(=O)CCCCCCCCCCC(C)CC)OC(=O)CCCCCCCCCCCCCCCC(C)C. The maximum atomic E-state index is 13.2. The van der Waals surface area contributed by atoms with Crippen molar-refractivity contribution in [1.29, 1.82) is 0 Å². The summed E-state index contributed by atoms with van der Waals surface area (Å²) in [7, 11) is -9.94. The summed E-state index contributed by atoms with van der Waals surface area (Å²) >= 11 is 0. The average Bonchev–Trinajstić information content (AvgIpc) is 0.901. The molecule has 0 bridgehead atoms. The second-order valence-electron chi connectivity index (χ2n) is 33.8. The molecule has 0 amide bonds. The second-order valence-corrected chi connectivity index (χ2v) is 36.7. The third-order valence-corrected chi connectivity index (χ3v) is 24.0. The smallest absolute Gasteiger partial charge is 0.462 e. The van der Waals surface area contributed by atoms with Gasteiger partial charge in [-0.05, 0) is 37.5 Å². The van der Waals surface area contributed by atoms with Gasteiger partial charge in [0.15, 0.2) is 12.2 Å². The molecule has 0 aliphatic carbocycles. The summed E-state index contributed by atoms with van der Waals surface area (Å²) in [6, 6.07) is 0. The number of carbonyl (C=O) groups is 4. The number of ether oxygens (including phenoxy) is 4. The van der Waals surface area contributed by atoms with Crippen LogP contribution in [0.2, 0.25) is 0 Å². The van der Waals surface area contributed by atoms with Gasteiger partial charge in [-0.3, -0.25) is 37.3 Å². The summed E-state index contributed by atoms with van der Waals surface area (Å²) in [5.41, 5.74) is 0. The summed E-state index contributed by atoms with van der Waals surface area (Å²) in [6.45, 7) is 9.72. The first-order valence-electron chi connectivity index (χ1n) is 47.5. The Morgan fingerprint density at radius 1 is 0.261 bits per heavy atom. The predicted molar refractivity (Wildman–Crippen MR) is 460 cm³/mol. The van der Waals surface area contributed by atoms with Crippen molar-refractivity contribution in [1.82, 2.24) is 0 Å². The molecule has 19 heteroatoms. The zero-order chi connectivity index (χ0) is 81.3. The summed E-state index contributed by atoms with van der Waals surface area (Å²) in [6.07, 6.45) is 77.9. The van der Waals surface area contributed by atoms with E-state index in [1.165, 1.54) is 315 Å². The van der Waals surface area contributed by atoms with Crippen LogP contribution in [0.5, 0.6) is 0 Å². The van der Waals surface area contributed by atoms with Crippen molar-refractivity contribution in [2.45, 2.75) is 516 Å². The number of phosphoric acid groups is 2. The van der Waals surface area contributed by atoms with Gasteiger partial charge in [-0.15, -0.1) is 0 Å². The third kappa shape index (κ3) is 84.3. The van der Waals surface area contributed by atoms with E-state index in [1.54, 1.807) is 0 Å². The first-order chi connectivity index (χ1) is 53.9. The van der Waals surface area contributed by atoms with Gasteiger partial charge in [-0.25, -0.2) is 9.13 Å². The number of hydrogen-bond donors (Lipinski definition) is 3. The van der Waals surface area contributed by atoms with Gasteiger partial charge in [0.05, 0.1) is 26.4 Å². The van der Waals surface area contributed by atoms with Crippen LogP contribution in [0.3, 0.4) is 0 Å². The zero-order valence-corrected chi connectivity index (χ0v) is 75.1. The number of phosphoric ester groups is 2. The van der Waals surface area contributed by atoms with Gasteiger partial charge >= 0.3 is 39.5 Å². The Kier molecular flexibility index (Phi) is 81.7. The van der Waals surface area contributed by atoms with E-state index in [9.17, 15) is 43.2 Å². The first kappa shape index (κ1) is 109. The fourth-order valence-electron chi connectivity index (χ4n) is 14.4. The summed E-state index contributed by atoms with van der Waals surface area (Å²) in [5, 5.41) is 10.7. The van der Waals surface area contributed by atoms with E-state index in [4.69, 9.17) is 37.0 Å². The number of carbonyl (C=O) groups excluding carboxylic acids is 4. The van der Waals surface area contributed by atoms with E-state index >= 15 is 0 Å². The predicted octanol–water partition coefficient (Wildman–Crippen LogP) is 28.6. The lowest BCUT2D eigenvalue weighted by Crippen LogP contribution is -2.30. The zero-order valence-electron chi connectivity index (χ0n) is 73.3. The van der Waals surface area contributed by atoms with Crippen LogP contribution in [-0.2, 0) is 65.4 Å². The molecule has 0 fully saturated rings. The van der Waals surface area contributed by atoms with Crippen LogP contribution < -0.4 is 0 Å². The molecule has 0 aromatic heterocycles. The van der Waals surface area contributed by atoms with Crippen molar-refractivity contribution in [3.8, 4) is 0 Å². The van der Waals surface area contributed by atoms with E-state index in [0.717, 1.165) is 102 Å². The van der Waals surface area contributed by atoms with Gasteiger partial charge in [0, 0.05) is 25.7 Å². The second kappa shape index (κ2) is 83.1. The standard InChI is InChI=1S/C92H180O17P2/c1-7-10-12-14-16-18-20-22-24-26-28-30-32-34-36-38-42-46-50-58-64-70-76-91(96)108-87(80-102-89(94)74-68-62-56-49-45-41-37-35-33-31-29-27-25-23-21-19-17-15-13-11-8-2)82-106-110(98,99)104-78-86(93)79-105-111(100,101)107-83-88(81-103-90(95)75-69-63-57-53-52-55-61-67-73-85(6)9-3)109-92(97)77-71-65-59-51-47-43-39-40-44-48-54-60-66-72-84(4)5/h84-88,93H,7-83H2,1-6H3,(H,98,99)(H,100,101)/t85?,86-,87-,88-/m1/s1. The van der Waals surface area contributed by atoms with Crippen LogP contribution in [0.25, 0.3) is 0 Å². The van der Waals surface area contributed by atoms with Gasteiger partial charge in [-0.2, -0.15) is 0 Å². The molecule has 0 heterocycles. The first-order valence-corrected chi connectivity index (χ1v) is 50.5. The highest BCUT2D eigenvalue weighted by Gasteiger charge is 2.31. The van der Waals surface area contributed by atoms with E-state index < -0.39 is 97.5 Å². The lowest BCUT2D eigenvalue weighted by molar-refractivity contribution is -0.161. The van der Waals surface area contributed by atoms with Crippen LogP contribution in [0.4, 0.5) is 0 Å². The number of aliphatic hydroxyl groups is 1. The number of esters is 4. The van der Waals surface area contributed by atoms with Crippen molar-refractivity contribution < 1.29 is 80.2 Å².